The fourth-order valence-corrected chi connectivity index (χ4v) is 1.72. The molecule has 13 heavy (non-hydrogen) atoms. The van der Waals surface area contributed by atoms with Gasteiger partial charge in [-0.15, -0.1) is 0 Å². The summed E-state index contributed by atoms with van der Waals surface area (Å²) in [6, 6.07) is -1.15. The van der Waals surface area contributed by atoms with Gasteiger partial charge in [-0.25, -0.2) is 8.78 Å². The largest absolute Gasteiger partial charge is 0.480 e. The summed E-state index contributed by atoms with van der Waals surface area (Å²) < 4.78 is 25.7. The van der Waals surface area contributed by atoms with Crippen molar-refractivity contribution >= 4 is 5.97 Å². The third-order valence-corrected chi connectivity index (χ3v) is 2.47. The molecule has 0 saturated heterocycles. The zero-order valence-electron chi connectivity index (χ0n) is 7.17. The summed E-state index contributed by atoms with van der Waals surface area (Å²) in [5, 5.41) is 8.53. The Bertz CT molecular complexity index is 208. The van der Waals surface area contributed by atoms with Gasteiger partial charge in [0.1, 0.15) is 6.04 Å². The lowest BCUT2D eigenvalue weighted by Crippen LogP contribution is -2.42. The minimum Gasteiger partial charge on any atom is -0.480 e. The summed E-state index contributed by atoms with van der Waals surface area (Å²) >= 11 is 0. The molecule has 0 aromatic carbocycles. The molecule has 1 aliphatic carbocycles. The molecule has 3 nitrogen and oxygen atoms in total. The molecule has 0 aromatic heterocycles. The van der Waals surface area contributed by atoms with Crippen LogP contribution in [0.25, 0.3) is 0 Å². The Balaban J connectivity index is 2.56. The Hall–Kier alpha value is -0.710. The van der Waals surface area contributed by atoms with Crippen molar-refractivity contribution in [3.8, 4) is 0 Å². The second kappa shape index (κ2) is 3.57. The number of carboxylic acid groups (broad SMARTS) is 1. The zero-order chi connectivity index (χ0) is 10.1. The van der Waals surface area contributed by atoms with E-state index in [9.17, 15) is 13.6 Å². The summed E-state index contributed by atoms with van der Waals surface area (Å²) in [6.07, 6.45) is 0.317. The maximum absolute atomic E-state index is 12.8. The highest BCUT2D eigenvalue weighted by molar-refractivity contribution is 5.73. The molecule has 2 unspecified atom stereocenters. The van der Waals surface area contributed by atoms with E-state index in [1.165, 1.54) is 0 Å². The van der Waals surface area contributed by atoms with Gasteiger partial charge in [0.25, 0.3) is 0 Å². The summed E-state index contributed by atoms with van der Waals surface area (Å²) in [4.78, 5) is 10.4. The third kappa shape index (κ3) is 2.62. The monoisotopic (exact) mass is 193 g/mol. The molecule has 0 amide bonds. The van der Waals surface area contributed by atoms with E-state index in [1.807, 2.05) is 0 Å². The van der Waals surface area contributed by atoms with Gasteiger partial charge in [0.2, 0.25) is 5.92 Å². The second-order valence-corrected chi connectivity index (χ2v) is 3.58. The smallest absolute Gasteiger partial charge is 0.320 e. The fraction of sp³-hybridized carbons (Fsp3) is 0.875. The fourth-order valence-electron chi connectivity index (χ4n) is 1.72. The molecule has 5 heteroatoms. The van der Waals surface area contributed by atoms with Crippen LogP contribution >= 0.6 is 0 Å². The Labute approximate surface area is 74.9 Å². The molecular weight excluding hydrogens is 180 g/mol. The normalized spacial score (nSPS) is 29.6. The first-order valence-corrected chi connectivity index (χ1v) is 4.28. The van der Waals surface area contributed by atoms with Crippen molar-refractivity contribution in [1.29, 1.82) is 0 Å². The lowest BCUT2D eigenvalue weighted by molar-refractivity contribution is -0.141. The summed E-state index contributed by atoms with van der Waals surface area (Å²) in [7, 11) is 0. The summed E-state index contributed by atoms with van der Waals surface area (Å²) in [6.45, 7) is 0. The van der Waals surface area contributed by atoms with Gasteiger partial charge in [-0.3, -0.25) is 4.79 Å². The number of carbonyl (C=O) groups is 1. The number of hydrogen-bond donors (Lipinski definition) is 2. The molecule has 0 spiro atoms. The predicted molar refractivity (Wildman–Crippen MR) is 42.5 cm³/mol. The Kier molecular flexibility index (Phi) is 2.85. The molecule has 0 aliphatic heterocycles. The SMILES string of the molecule is NC(C(=O)O)C1CCCC(F)(F)C1. The predicted octanol–water partition coefficient (Wildman–Crippen LogP) is 1.22. The second-order valence-electron chi connectivity index (χ2n) is 3.58. The third-order valence-electron chi connectivity index (χ3n) is 2.47. The van der Waals surface area contributed by atoms with Gasteiger partial charge >= 0.3 is 5.97 Å². The number of alkyl halides is 2. The molecule has 0 aromatic rings. The molecule has 0 heterocycles. The molecule has 1 aliphatic rings. The molecular formula is C8H13F2NO2. The van der Waals surface area contributed by atoms with E-state index in [1.54, 1.807) is 0 Å². The summed E-state index contributed by atoms with van der Waals surface area (Å²) in [5.74, 6) is -4.50. The van der Waals surface area contributed by atoms with Gasteiger partial charge in [0, 0.05) is 12.8 Å². The summed E-state index contributed by atoms with van der Waals surface area (Å²) in [5.41, 5.74) is 5.28. The van der Waals surface area contributed by atoms with E-state index >= 15 is 0 Å². The van der Waals surface area contributed by atoms with E-state index in [4.69, 9.17) is 10.8 Å². The lowest BCUT2D eigenvalue weighted by atomic mass is 9.82. The van der Waals surface area contributed by atoms with E-state index in [0.717, 1.165) is 0 Å². The van der Waals surface area contributed by atoms with E-state index in [-0.39, 0.29) is 12.8 Å². The molecule has 0 radical (unpaired) electrons. The van der Waals surface area contributed by atoms with Gasteiger partial charge < -0.3 is 10.8 Å². The molecule has 2 atom stereocenters. The Morgan fingerprint density at radius 1 is 1.62 bits per heavy atom. The van der Waals surface area contributed by atoms with E-state index in [2.05, 4.69) is 0 Å². The maximum atomic E-state index is 12.8. The quantitative estimate of drug-likeness (QED) is 0.693. The average Bonchev–Trinajstić information content (AvgIpc) is 2.01. The van der Waals surface area contributed by atoms with E-state index in [0.29, 0.717) is 12.8 Å². The number of hydrogen-bond acceptors (Lipinski definition) is 2. The Morgan fingerprint density at radius 2 is 2.23 bits per heavy atom. The van der Waals surface area contributed by atoms with Crippen LogP contribution in [-0.4, -0.2) is 23.0 Å². The first kappa shape index (κ1) is 10.4. The highest BCUT2D eigenvalue weighted by Crippen LogP contribution is 2.37. The van der Waals surface area contributed by atoms with Gasteiger partial charge in [-0.05, 0) is 18.8 Å². The van der Waals surface area contributed by atoms with Crippen LogP contribution in [0.3, 0.4) is 0 Å². The first-order valence-electron chi connectivity index (χ1n) is 4.28. The highest BCUT2D eigenvalue weighted by Gasteiger charge is 2.40. The number of nitrogens with two attached hydrogens (primary N) is 1. The highest BCUT2D eigenvalue weighted by atomic mass is 19.3. The molecule has 76 valence electrons. The number of carboxylic acids is 1. The Morgan fingerprint density at radius 3 is 2.69 bits per heavy atom. The first-order chi connectivity index (χ1) is 5.92. The van der Waals surface area contributed by atoms with Crippen LogP contribution in [-0.2, 0) is 4.79 Å². The molecule has 0 bridgehead atoms. The van der Waals surface area contributed by atoms with Gasteiger partial charge in [0.15, 0.2) is 0 Å². The van der Waals surface area contributed by atoms with Gasteiger partial charge in [-0.2, -0.15) is 0 Å². The number of halogens is 2. The van der Waals surface area contributed by atoms with Crippen LogP contribution in [0.2, 0.25) is 0 Å². The van der Waals surface area contributed by atoms with Crippen LogP contribution in [0.15, 0.2) is 0 Å². The van der Waals surface area contributed by atoms with Crippen LogP contribution in [0, 0.1) is 5.92 Å². The van der Waals surface area contributed by atoms with Crippen molar-refractivity contribution in [2.24, 2.45) is 11.7 Å². The number of aliphatic carboxylic acids is 1. The standard InChI is InChI=1S/C8H13F2NO2/c9-8(10)3-1-2-5(4-8)6(11)7(12)13/h5-6H,1-4,11H2,(H,12,13). The molecule has 3 N–H and O–H groups in total. The maximum Gasteiger partial charge on any atom is 0.320 e. The van der Waals surface area contributed by atoms with Crippen LogP contribution in [0.1, 0.15) is 25.7 Å². The molecule has 1 saturated carbocycles. The van der Waals surface area contributed by atoms with Crippen molar-refractivity contribution in [1.82, 2.24) is 0 Å². The van der Waals surface area contributed by atoms with Gasteiger partial charge in [0.05, 0.1) is 0 Å². The van der Waals surface area contributed by atoms with Crippen molar-refractivity contribution in [2.45, 2.75) is 37.6 Å². The lowest BCUT2D eigenvalue weighted by Gasteiger charge is -2.30. The van der Waals surface area contributed by atoms with Crippen LogP contribution < -0.4 is 5.73 Å². The minimum absolute atomic E-state index is 0.143. The van der Waals surface area contributed by atoms with E-state index < -0.39 is 23.9 Å². The molecule has 1 rings (SSSR count). The average molecular weight is 193 g/mol. The van der Waals surface area contributed by atoms with Crippen molar-refractivity contribution < 1.29 is 18.7 Å². The number of rotatable bonds is 2. The van der Waals surface area contributed by atoms with Crippen molar-refractivity contribution in [3.63, 3.8) is 0 Å². The van der Waals surface area contributed by atoms with Gasteiger partial charge in [-0.1, -0.05) is 0 Å². The van der Waals surface area contributed by atoms with Crippen LogP contribution in [0.4, 0.5) is 8.78 Å². The van der Waals surface area contributed by atoms with Crippen LogP contribution in [0.5, 0.6) is 0 Å². The molecule has 1 fully saturated rings. The zero-order valence-corrected chi connectivity index (χ0v) is 7.17. The van der Waals surface area contributed by atoms with Crippen molar-refractivity contribution in [2.75, 3.05) is 0 Å². The minimum atomic E-state index is -2.73. The van der Waals surface area contributed by atoms with Crippen molar-refractivity contribution in [3.05, 3.63) is 0 Å². The topological polar surface area (TPSA) is 63.3 Å².